The number of hydrogen-bond acceptors (Lipinski definition) is 5. The molecule has 5 heteroatoms. The van der Waals surface area contributed by atoms with Crippen molar-refractivity contribution in [2.45, 2.75) is 12.8 Å². The van der Waals surface area contributed by atoms with Gasteiger partial charge in [-0.3, -0.25) is 0 Å². The summed E-state index contributed by atoms with van der Waals surface area (Å²) in [5, 5.41) is 8.94. The van der Waals surface area contributed by atoms with Crippen LogP contribution in [-0.4, -0.2) is 42.9 Å². The third kappa shape index (κ3) is 2.79. The van der Waals surface area contributed by atoms with E-state index in [2.05, 4.69) is 9.88 Å². The number of rotatable bonds is 4. The summed E-state index contributed by atoms with van der Waals surface area (Å²) in [5.41, 5.74) is 0.521. The van der Waals surface area contributed by atoms with E-state index in [0.29, 0.717) is 11.5 Å². The Morgan fingerprint density at radius 2 is 2.50 bits per heavy atom. The van der Waals surface area contributed by atoms with Crippen LogP contribution >= 0.6 is 0 Å². The minimum absolute atomic E-state index is 0.230. The molecule has 1 aliphatic rings. The molecule has 2 heterocycles. The fourth-order valence-electron chi connectivity index (χ4n) is 2.30. The Morgan fingerprint density at radius 1 is 1.67 bits per heavy atom. The van der Waals surface area contributed by atoms with Crippen LogP contribution in [0.3, 0.4) is 0 Å². The van der Waals surface area contributed by atoms with Crippen molar-refractivity contribution in [1.82, 2.24) is 4.98 Å². The molecule has 1 N–H and O–H groups in total. The van der Waals surface area contributed by atoms with E-state index in [9.17, 15) is 4.79 Å². The second-order valence-electron chi connectivity index (χ2n) is 4.51. The SMILES string of the molecule is COC(=O)c1ccnc(N2CCC(CCO)C2)c1. The summed E-state index contributed by atoms with van der Waals surface area (Å²) in [6.45, 7) is 2.04. The van der Waals surface area contributed by atoms with Gasteiger partial charge in [0.05, 0.1) is 12.7 Å². The maximum absolute atomic E-state index is 11.4. The molecule has 0 spiro atoms. The number of aliphatic hydroxyl groups is 1. The van der Waals surface area contributed by atoms with Crippen LogP contribution in [0.1, 0.15) is 23.2 Å². The summed E-state index contributed by atoms with van der Waals surface area (Å²) < 4.78 is 4.70. The molecule has 0 amide bonds. The molecular formula is C13H18N2O3. The number of carbonyl (C=O) groups is 1. The Morgan fingerprint density at radius 3 is 3.22 bits per heavy atom. The number of aliphatic hydroxyl groups excluding tert-OH is 1. The van der Waals surface area contributed by atoms with Gasteiger partial charge in [-0.15, -0.1) is 0 Å². The fraction of sp³-hybridized carbons (Fsp3) is 0.538. The topological polar surface area (TPSA) is 62.7 Å². The van der Waals surface area contributed by atoms with Crippen molar-refractivity contribution in [3.8, 4) is 0 Å². The predicted molar refractivity (Wildman–Crippen MR) is 67.6 cm³/mol. The molecule has 0 saturated carbocycles. The normalized spacial score (nSPS) is 19.0. The number of hydrogen-bond donors (Lipinski definition) is 1. The molecule has 2 rings (SSSR count). The fourth-order valence-corrected chi connectivity index (χ4v) is 2.30. The Balaban J connectivity index is 2.08. The zero-order valence-corrected chi connectivity index (χ0v) is 10.5. The van der Waals surface area contributed by atoms with Crippen molar-refractivity contribution in [3.63, 3.8) is 0 Å². The highest BCUT2D eigenvalue weighted by Crippen LogP contribution is 2.24. The van der Waals surface area contributed by atoms with Gasteiger partial charge in [0.2, 0.25) is 0 Å². The smallest absolute Gasteiger partial charge is 0.338 e. The van der Waals surface area contributed by atoms with Gasteiger partial charge in [-0.1, -0.05) is 0 Å². The second-order valence-corrected chi connectivity index (χ2v) is 4.51. The summed E-state index contributed by atoms with van der Waals surface area (Å²) >= 11 is 0. The first-order chi connectivity index (χ1) is 8.74. The first kappa shape index (κ1) is 12.8. The summed E-state index contributed by atoms with van der Waals surface area (Å²) in [5.74, 6) is 0.974. The molecule has 1 atom stereocenters. The molecule has 0 aliphatic carbocycles. The van der Waals surface area contributed by atoms with Crippen molar-refractivity contribution >= 4 is 11.8 Å². The lowest BCUT2D eigenvalue weighted by molar-refractivity contribution is 0.0600. The summed E-state index contributed by atoms with van der Waals surface area (Å²) in [4.78, 5) is 17.9. The van der Waals surface area contributed by atoms with Gasteiger partial charge in [-0.25, -0.2) is 9.78 Å². The lowest BCUT2D eigenvalue weighted by Crippen LogP contribution is -2.21. The Bertz CT molecular complexity index is 422. The summed E-state index contributed by atoms with van der Waals surface area (Å²) in [7, 11) is 1.37. The van der Waals surface area contributed by atoms with Gasteiger partial charge in [0.25, 0.3) is 0 Å². The highest BCUT2D eigenvalue weighted by molar-refractivity contribution is 5.90. The number of carbonyl (C=O) groups excluding carboxylic acids is 1. The largest absolute Gasteiger partial charge is 0.465 e. The molecule has 1 fully saturated rings. The maximum Gasteiger partial charge on any atom is 0.338 e. The Labute approximate surface area is 106 Å². The summed E-state index contributed by atoms with van der Waals surface area (Å²) in [6, 6.07) is 3.41. The van der Waals surface area contributed by atoms with Crippen molar-refractivity contribution in [1.29, 1.82) is 0 Å². The minimum atomic E-state index is -0.343. The molecule has 1 aromatic rings. The number of anilines is 1. The van der Waals surface area contributed by atoms with Crippen LogP contribution in [-0.2, 0) is 4.74 Å². The Kier molecular flexibility index (Phi) is 4.15. The number of nitrogens with zero attached hydrogens (tertiary/aromatic N) is 2. The summed E-state index contributed by atoms with van der Waals surface area (Å²) in [6.07, 6.45) is 3.51. The molecule has 1 unspecified atom stereocenters. The lowest BCUT2D eigenvalue weighted by Gasteiger charge is -2.17. The molecule has 1 aromatic heterocycles. The van der Waals surface area contributed by atoms with E-state index in [4.69, 9.17) is 9.84 Å². The third-order valence-electron chi connectivity index (χ3n) is 3.31. The zero-order valence-electron chi connectivity index (χ0n) is 10.5. The van der Waals surface area contributed by atoms with Crippen LogP contribution in [0.5, 0.6) is 0 Å². The van der Waals surface area contributed by atoms with E-state index < -0.39 is 0 Å². The van der Waals surface area contributed by atoms with E-state index >= 15 is 0 Å². The molecule has 0 radical (unpaired) electrons. The molecule has 5 nitrogen and oxygen atoms in total. The monoisotopic (exact) mass is 250 g/mol. The van der Waals surface area contributed by atoms with E-state index in [1.54, 1.807) is 18.3 Å². The number of ether oxygens (including phenoxy) is 1. The van der Waals surface area contributed by atoms with E-state index in [1.807, 2.05) is 0 Å². The van der Waals surface area contributed by atoms with Crippen LogP contribution in [0.15, 0.2) is 18.3 Å². The number of methoxy groups -OCH3 is 1. The van der Waals surface area contributed by atoms with Crippen molar-refractivity contribution in [2.24, 2.45) is 5.92 Å². The van der Waals surface area contributed by atoms with Crippen molar-refractivity contribution in [3.05, 3.63) is 23.9 Å². The zero-order chi connectivity index (χ0) is 13.0. The molecule has 0 aromatic carbocycles. The minimum Gasteiger partial charge on any atom is -0.465 e. The van der Waals surface area contributed by atoms with Gasteiger partial charge in [0, 0.05) is 25.9 Å². The van der Waals surface area contributed by atoms with Gasteiger partial charge < -0.3 is 14.7 Å². The highest BCUT2D eigenvalue weighted by Gasteiger charge is 2.23. The van der Waals surface area contributed by atoms with Crippen LogP contribution in [0, 0.1) is 5.92 Å². The quantitative estimate of drug-likeness (QED) is 0.810. The second kappa shape index (κ2) is 5.82. The van der Waals surface area contributed by atoms with Crippen LogP contribution in [0.2, 0.25) is 0 Å². The highest BCUT2D eigenvalue weighted by atomic mass is 16.5. The number of esters is 1. The van der Waals surface area contributed by atoms with Crippen LogP contribution in [0.25, 0.3) is 0 Å². The van der Waals surface area contributed by atoms with Gasteiger partial charge in [-0.05, 0) is 30.9 Å². The Hall–Kier alpha value is -1.62. The number of aromatic nitrogens is 1. The predicted octanol–water partition coefficient (Wildman–Crippen LogP) is 1.08. The van der Waals surface area contributed by atoms with Crippen LogP contribution in [0.4, 0.5) is 5.82 Å². The molecule has 18 heavy (non-hydrogen) atoms. The lowest BCUT2D eigenvalue weighted by atomic mass is 10.1. The van der Waals surface area contributed by atoms with Gasteiger partial charge >= 0.3 is 5.97 Å². The van der Waals surface area contributed by atoms with Gasteiger partial charge in [0.1, 0.15) is 5.82 Å². The molecule has 1 saturated heterocycles. The maximum atomic E-state index is 11.4. The van der Waals surface area contributed by atoms with E-state index in [1.165, 1.54) is 7.11 Å². The average Bonchev–Trinajstić information content (AvgIpc) is 2.87. The van der Waals surface area contributed by atoms with Gasteiger partial charge in [-0.2, -0.15) is 0 Å². The van der Waals surface area contributed by atoms with E-state index in [-0.39, 0.29) is 12.6 Å². The average molecular weight is 250 g/mol. The van der Waals surface area contributed by atoms with Crippen molar-refractivity contribution < 1.29 is 14.6 Å². The first-order valence-electron chi connectivity index (χ1n) is 6.14. The molecule has 1 aliphatic heterocycles. The van der Waals surface area contributed by atoms with E-state index in [0.717, 1.165) is 31.7 Å². The van der Waals surface area contributed by atoms with Crippen LogP contribution < -0.4 is 4.90 Å². The standard InChI is InChI=1S/C13H18N2O3/c1-18-13(17)11-2-5-14-12(8-11)15-6-3-10(9-15)4-7-16/h2,5,8,10,16H,3-4,6-7,9H2,1H3. The molecular weight excluding hydrogens is 232 g/mol. The third-order valence-corrected chi connectivity index (χ3v) is 3.31. The number of pyridine rings is 1. The van der Waals surface area contributed by atoms with Gasteiger partial charge in [0.15, 0.2) is 0 Å². The molecule has 0 bridgehead atoms. The first-order valence-corrected chi connectivity index (χ1v) is 6.14. The molecule has 98 valence electrons. The van der Waals surface area contributed by atoms with Crippen molar-refractivity contribution in [2.75, 3.05) is 31.7 Å².